The van der Waals surface area contributed by atoms with Gasteiger partial charge in [-0.1, -0.05) is 30.3 Å². The summed E-state index contributed by atoms with van der Waals surface area (Å²) < 4.78 is 5.70. The number of carbonyl (C=O) groups is 1. The van der Waals surface area contributed by atoms with E-state index in [2.05, 4.69) is 5.32 Å². The number of anilines is 1. The zero-order valence-corrected chi connectivity index (χ0v) is 13.5. The molecular formula is C19H23NO2. The Bertz CT molecular complexity index is 650. The van der Waals surface area contributed by atoms with E-state index in [0.29, 0.717) is 19.4 Å². The summed E-state index contributed by atoms with van der Waals surface area (Å²) in [6.45, 7) is 6.63. The van der Waals surface area contributed by atoms with Crippen LogP contribution in [-0.4, -0.2) is 12.5 Å². The van der Waals surface area contributed by atoms with Gasteiger partial charge in [0.25, 0.3) is 0 Å². The Balaban J connectivity index is 1.76. The minimum absolute atomic E-state index is 0.0297. The largest absolute Gasteiger partial charge is 0.493 e. The lowest BCUT2D eigenvalue weighted by Crippen LogP contribution is -2.14. The summed E-state index contributed by atoms with van der Waals surface area (Å²) in [7, 11) is 0. The summed E-state index contributed by atoms with van der Waals surface area (Å²) in [5.74, 6) is 0.916. The Kier molecular flexibility index (Phi) is 5.59. The molecule has 0 radical (unpaired) electrons. The highest BCUT2D eigenvalue weighted by Crippen LogP contribution is 2.19. The van der Waals surface area contributed by atoms with Crippen molar-refractivity contribution in [3.8, 4) is 5.75 Å². The van der Waals surface area contributed by atoms with E-state index in [4.69, 9.17) is 4.74 Å². The first kappa shape index (κ1) is 16.1. The van der Waals surface area contributed by atoms with E-state index < -0.39 is 0 Å². The second-order valence-corrected chi connectivity index (χ2v) is 5.51. The molecule has 1 N–H and O–H groups in total. The van der Waals surface area contributed by atoms with Crippen molar-refractivity contribution in [3.05, 3.63) is 59.2 Å². The normalized spacial score (nSPS) is 10.3. The molecule has 0 aromatic heterocycles. The van der Waals surface area contributed by atoms with Crippen molar-refractivity contribution in [3.63, 3.8) is 0 Å². The van der Waals surface area contributed by atoms with E-state index in [-0.39, 0.29) is 5.91 Å². The van der Waals surface area contributed by atoms with E-state index in [9.17, 15) is 4.79 Å². The zero-order chi connectivity index (χ0) is 15.9. The number of amides is 1. The molecule has 2 aromatic rings. The van der Waals surface area contributed by atoms with Crippen molar-refractivity contribution in [2.75, 3.05) is 11.9 Å². The van der Waals surface area contributed by atoms with Crippen molar-refractivity contribution in [2.45, 2.75) is 33.6 Å². The van der Waals surface area contributed by atoms with Crippen LogP contribution in [0.3, 0.4) is 0 Å². The summed E-state index contributed by atoms with van der Waals surface area (Å²) in [5.41, 5.74) is 4.31. The lowest BCUT2D eigenvalue weighted by Gasteiger charge is -2.11. The second-order valence-electron chi connectivity index (χ2n) is 5.51. The molecule has 3 nitrogen and oxygen atoms in total. The van der Waals surface area contributed by atoms with Crippen LogP contribution < -0.4 is 10.1 Å². The van der Waals surface area contributed by atoms with Crippen molar-refractivity contribution in [1.82, 2.24) is 0 Å². The van der Waals surface area contributed by atoms with Gasteiger partial charge >= 0.3 is 0 Å². The van der Waals surface area contributed by atoms with Crippen molar-refractivity contribution < 1.29 is 9.53 Å². The highest BCUT2D eigenvalue weighted by Gasteiger charge is 2.06. The minimum Gasteiger partial charge on any atom is -0.493 e. The van der Waals surface area contributed by atoms with Gasteiger partial charge in [-0.2, -0.15) is 0 Å². The van der Waals surface area contributed by atoms with Crippen LogP contribution in [0.1, 0.15) is 29.5 Å². The molecule has 0 atom stereocenters. The van der Waals surface area contributed by atoms with E-state index in [1.807, 2.05) is 63.2 Å². The number of benzene rings is 2. The Hall–Kier alpha value is -2.29. The summed E-state index contributed by atoms with van der Waals surface area (Å²) in [6, 6.07) is 13.8. The molecule has 0 heterocycles. The van der Waals surface area contributed by atoms with Crippen LogP contribution in [0, 0.1) is 20.8 Å². The fourth-order valence-corrected chi connectivity index (χ4v) is 2.23. The number of ether oxygens (including phenoxy) is 1. The van der Waals surface area contributed by atoms with Gasteiger partial charge in [-0.25, -0.2) is 0 Å². The van der Waals surface area contributed by atoms with Crippen LogP contribution in [0.15, 0.2) is 42.5 Å². The number of rotatable bonds is 6. The predicted molar refractivity (Wildman–Crippen MR) is 90.5 cm³/mol. The summed E-state index contributed by atoms with van der Waals surface area (Å²) >= 11 is 0. The number of aryl methyl sites for hydroxylation is 2. The lowest BCUT2D eigenvalue weighted by atomic mass is 10.1. The molecule has 0 aliphatic heterocycles. The van der Waals surface area contributed by atoms with Gasteiger partial charge in [0.05, 0.1) is 6.61 Å². The van der Waals surface area contributed by atoms with Crippen LogP contribution in [0.25, 0.3) is 0 Å². The molecule has 3 heteroatoms. The summed E-state index contributed by atoms with van der Waals surface area (Å²) in [5, 5.41) is 2.97. The van der Waals surface area contributed by atoms with Crippen molar-refractivity contribution in [1.29, 1.82) is 0 Å². The third kappa shape index (κ3) is 4.35. The Labute approximate surface area is 132 Å². The number of nitrogens with one attached hydrogen (secondary N) is 1. The van der Waals surface area contributed by atoms with Crippen LogP contribution in [0.2, 0.25) is 0 Å². The number of hydrogen-bond acceptors (Lipinski definition) is 2. The van der Waals surface area contributed by atoms with E-state index >= 15 is 0 Å². The molecule has 0 spiro atoms. The first-order chi connectivity index (χ1) is 10.6. The Morgan fingerprint density at radius 3 is 2.50 bits per heavy atom. The van der Waals surface area contributed by atoms with Crippen LogP contribution in [-0.2, 0) is 4.79 Å². The standard InChI is InChI=1S/C19H23NO2/c1-14-9-6-10-17(16(14)3)20-19(21)12-7-13-22-18-11-5-4-8-15(18)2/h4-6,8-11H,7,12-13H2,1-3H3,(H,20,21). The molecule has 0 fully saturated rings. The van der Waals surface area contributed by atoms with Gasteiger partial charge in [-0.3, -0.25) is 4.79 Å². The molecule has 0 saturated carbocycles. The minimum atomic E-state index is 0.0297. The van der Waals surface area contributed by atoms with Gasteiger partial charge in [-0.15, -0.1) is 0 Å². The maximum Gasteiger partial charge on any atom is 0.224 e. The topological polar surface area (TPSA) is 38.3 Å². The second kappa shape index (κ2) is 7.64. The lowest BCUT2D eigenvalue weighted by molar-refractivity contribution is -0.116. The molecule has 2 rings (SSSR count). The SMILES string of the molecule is Cc1ccccc1OCCCC(=O)Nc1cccc(C)c1C. The van der Waals surface area contributed by atoms with E-state index in [1.165, 1.54) is 5.56 Å². The molecule has 2 aromatic carbocycles. The van der Waals surface area contributed by atoms with Gasteiger partial charge in [0, 0.05) is 12.1 Å². The van der Waals surface area contributed by atoms with E-state index in [1.54, 1.807) is 0 Å². The van der Waals surface area contributed by atoms with Crippen LogP contribution in [0.4, 0.5) is 5.69 Å². The highest BCUT2D eigenvalue weighted by molar-refractivity contribution is 5.91. The Morgan fingerprint density at radius 1 is 1.00 bits per heavy atom. The fourth-order valence-electron chi connectivity index (χ4n) is 2.23. The molecule has 0 aliphatic rings. The predicted octanol–water partition coefficient (Wildman–Crippen LogP) is 4.41. The van der Waals surface area contributed by atoms with Crippen molar-refractivity contribution in [2.24, 2.45) is 0 Å². The first-order valence-electron chi connectivity index (χ1n) is 7.62. The fraction of sp³-hybridized carbons (Fsp3) is 0.316. The molecule has 0 bridgehead atoms. The zero-order valence-electron chi connectivity index (χ0n) is 13.5. The number of para-hydroxylation sites is 1. The number of hydrogen-bond donors (Lipinski definition) is 1. The monoisotopic (exact) mass is 297 g/mol. The molecule has 116 valence electrons. The quantitative estimate of drug-likeness (QED) is 0.802. The van der Waals surface area contributed by atoms with Gasteiger partial charge in [0.2, 0.25) is 5.91 Å². The molecule has 1 amide bonds. The smallest absolute Gasteiger partial charge is 0.224 e. The van der Waals surface area contributed by atoms with E-state index in [0.717, 1.165) is 22.6 Å². The first-order valence-corrected chi connectivity index (χ1v) is 7.62. The maximum absolute atomic E-state index is 12.0. The highest BCUT2D eigenvalue weighted by atomic mass is 16.5. The average molecular weight is 297 g/mol. The van der Waals surface area contributed by atoms with Gasteiger partial charge in [0.1, 0.15) is 5.75 Å². The third-order valence-electron chi connectivity index (χ3n) is 3.78. The summed E-state index contributed by atoms with van der Waals surface area (Å²) in [6.07, 6.45) is 1.16. The molecule has 0 saturated heterocycles. The third-order valence-corrected chi connectivity index (χ3v) is 3.78. The van der Waals surface area contributed by atoms with Crippen LogP contribution in [0.5, 0.6) is 5.75 Å². The van der Waals surface area contributed by atoms with Gasteiger partial charge < -0.3 is 10.1 Å². The molecular weight excluding hydrogens is 274 g/mol. The maximum atomic E-state index is 12.0. The number of carbonyl (C=O) groups excluding carboxylic acids is 1. The molecule has 0 unspecified atom stereocenters. The van der Waals surface area contributed by atoms with Crippen LogP contribution >= 0.6 is 0 Å². The van der Waals surface area contributed by atoms with Gasteiger partial charge in [0.15, 0.2) is 0 Å². The molecule has 0 aliphatic carbocycles. The summed E-state index contributed by atoms with van der Waals surface area (Å²) in [4.78, 5) is 12.0. The molecule has 22 heavy (non-hydrogen) atoms. The average Bonchev–Trinajstić information content (AvgIpc) is 2.50. The van der Waals surface area contributed by atoms with Gasteiger partial charge in [-0.05, 0) is 56.0 Å². The van der Waals surface area contributed by atoms with Crippen molar-refractivity contribution >= 4 is 11.6 Å². The Morgan fingerprint density at radius 2 is 1.73 bits per heavy atom.